The van der Waals surface area contributed by atoms with E-state index in [4.69, 9.17) is 0 Å². The Hall–Kier alpha value is -5.10. The van der Waals surface area contributed by atoms with Crippen molar-refractivity contribution < 1.29 is 22.8 Å². The number of anilines is 1. The fourth-order valence-electron chi connectivity index (χ4n) is 4.70. The maximum Gasteiger partial charge on any atom is 0.319 e. The zero-order valence-corrected chi connectivity index (χ0v) is 23.2. The van der Waals surface area contributed by atoms with Gasteiger partial charge < -0.3 is 15.5 Å². The zero-order chi connectivity index (χ0) is 30.2. The third kappa shape index (κ3) is 8.01. The lowest BCUT2D eigenvalue weighted by atomic mass is 9.97. The Morgan fingerprint density at radius 2 is 1.67 bits per heavy atom. The van der Waals surface area contributed by atoms with Gasteiger partial charge in [0.2, 0.25) is 0 Å². The van der Waals surface area contributed by atoms with Gasteiger partial charge in [-0.15, -0.1) is 0 Å². The van der Waals surface area contributed by atoms with E-state index in [1.54, 1.807) is 60.9 Å². The van der Waals surface area contributed by atoms with Gasteiger partial charge in [0.25, 0.3) is 11.8 Å². The largest absolute Gasteiger partial charge is 0.338 e. The van der Waals surface area contributed by atoms with Crippen molar-refractivity contribution in [3.05, 3.63) is 119 Å². The number of carbonyl (C=O) groups excluding carboxylic acids is 2. The molecule has 0 aliphatic carbocycles. The molecule has 0 unspecified atom stereocenters. The molecule has 6 nitrogen and oxygen atoms in total. The molecule has 1 aliphatic heterocycles. The number of nitrogens with one attached hydrogen (secondary N) is 2. The molecular weight excluding hydrogens is 553 g/mol. The second-order valence-electron chi connectivity index (χ2n) is 10.2. The van der Waals surface area contributed by atoms with Gasteiger partial charge >= 0.3 is 6.03 Å². The summed E-state index contributed by atoms with van der Waals surface area (Å²) in [5.74, 6) is 2.79. The number of benzene rings is 3. The topological polar surface area (TPSA) is 74.3 Å². The molecule has 9 heteroatoms. The van der Waals surface area contributed by atoms with Crippen molar-refractivity contribution in [3.8, 4) is 23.0 Å². The van der Waals surface area contributed by atoms with Crippen LogP contribution in [0.3, 0.4) is 0 Å². The highest BCUT2D eigenvalue weighted by molar-refractivity contribution is 5.95. The first kappa shape index (κ1) is 29.4. The number of nitrogens with zero attached hydrogens (tertiary/aromatic N) is 2. The number of alkyl halides is 2. The van der Waals surface area contributed by atoms with Crippen LogP contribution in [0.2, 0.25) is 0 Å². The lowest BCUT2D eigenvalue weighted by molar-refractivity contribution is -0.0494. The number of aromatic nitrogens is 1. The summed E-state index contributed by atoms with van der Waals surface area (Å²) in [6, 6.07) is 21.5. The molecule has 0 radical (unpaired) electrons. The first-order chi connectivity index (χ1) is 20.8. The Morgan fingerprint density at radius 1 is 0.930 bits per heavy atom. The zero-order valence-electron chi connectivity index (χ0n) is 23.2. The van der Waals surface area contributed by atoms with E-state index in [0.29, 0.717) is 35.3 Å². The Labute approximate surface area is 248 Å². The Morgan fingerprint density at radius 3 is 2.37 bits per heavy atom. The molecule has 3 aromatic carbocycles. The average Bonchev–Trinajstić information content (AvgIpc) is 3.01. The first-order valence-corrected chi connectivity index (χ1v) is 13.9. The van der Waals surface area contributed by atoms with E-state index in [-0.39, 0.29) is 43.7 Å². The van der Waals surface area contributed by atoms with Crippen molar-refractivity contribution in [2.75, 3.05) is 25.0 Å². The third-order valence-electron chi connectivity index (χ3n) is 7.11. The van der Waals surface area contributed by atoms with Gasteiger partial charge in [0, 0.05) is 67.2 Å². The van der Waals surface area contributed by atoms with Gasteiger partial charge in [-0.25, -0.2) is 18.0 Å². The van der Waals surface area contributed by atoms with Gasteiger partial charge in [0.15, 0.2) is 0 Å². The summed E-state index contributed by atoms with van der Waals surface area (Å²) in [4.78, 5) is 31.0. The fraction of sp³-hybridized carbons (Fsp3) is 0.206. The van der Waals surface area contributed by atoms with Crippen LogP contribution in [0.15, 0.2) is 91.3 Å². The molecule has 0 saturated carbocycles. The number of pyridine rings is 1. The van der Waals surface area contributed by atoms with Crippen LogP contribution in [-0.2, 0) is 6.42 Å². The molecular formula is C34H29F3N4O2. The van der Waals surface area contributed by atoms with Crippen LogP contribution in [0.4, 0.5) is 23.7 Å². The molecule has 2 N–H and O–H groups in total. The second-order valence-corrected chi connectivity index (χ2v) is 10.2. The van der Waals surface area contributed by atoms with Gasteiger partial charge in [-0.1, -0.05) is 36.1 Å². The monoisotopic (exact) mass is 582 g/mol. The van der Waals surface area contributed by atoms with Crippen molar-refractivity contribution in [2.45, 2.75) is 25.2 Å². The van der Waals surface area contributed by atoms with Crippen molar-refractivity contribution in [2.24, 2.45) is 0 Å². The molecule has 43 heavy (non-hydrogen) atoms. The number of amides is 3. The molecule has 2 heterocycles. The van der Waals surface area contributed by atoms with Crippen LogP contribution in [0.25, 0.3) is 11.1 Å². The summed E-state index contributed by atoms with van der Waals surface area (Å²) in [6.07, 6.45) is 3.41. The van der Waals surface area contributed by atoms with Crippen molar-refractivity contribution in [1.29, 1.82) is 0 Å². The highest BCUT2D eigenvalue weighted by Gasteiger charge is 2.35. The predicted molar refractivity (Wildman–Crippen MR) is 159 cm³/mol. The summed E-state index contributed by atoms with van der Waals surface area (Å²) >= 11 is 0. The molecule has 0 atom stereocenters. The SMILES string of the molecule is O=C(NCCc1cccnc1)Nc1ccc(-c2ccc(C(=O)N3CCC(F)(F)CC3)cc2)c(C#Cc2ccc(F)cc2)c1. The lowest BCUT2D eigenvalue weighted by Gasteiger charge is -2.31. The minimum Gasteiger partial charge on any atom is -0.338 e. The van der Waals surface area contributed by atoms with E-state index in [2.05, 4.69) is 27.5 Å². The summed E-state index contributed by atoms with van der Waals surface area (Å²) < 4.78 is 40.4. The van der Waals surface area contributed by atoms with E-state index >= 15 is 0 Å². The van der Waals surface area contributed by atoms with Crippen LogP contribution in [0, 0.1) is 17.7 Å². The summed E-state index contributed by atoms with van der Waals surface area (Å²) in [7, 11) is 0. The number of hydrogen-bond acceptors (Lipinski definition) is 3. The molecule has 0 spiro atoms. The van der Waals surface area contributed by atoms with Crippen molar-refractivity contribution >= 4 is 17.6 Å². The van der Waals surface area contributed by atoms with Crippen molar-refractivity contribution in [1.82, 2.24) is 15.2 Å². The minimum absolute atomic E-state index is 0.0161. The summed E-state index contributed by atoms with van der Waals surface area (Å²) in [6.45, 7) is 0.461. The highest BCUT2D eigenvalue weighted by Crippen LogP contribution is 2.30. The van der Waals surface area contributed by atoms with E-state index in [1.807, 2.05) is 18.2 Å². The first-order valence-electron chi connectivity index (χ1n) is 13.9. The van der Waals surface area contributed by atoms with Crippen LogP contribution in [0.5, 0.6) is 0 Å². The standard InChI is InChI=1S/C34H29F3N4O2/c35-29-11-4-24(5-12-29)3-6-28-22-30(40-33(43)39-19-15-25-2-1-18-38-23-25)13-14-31(28)26-7-9-27(10-8-26)32(42)41-20-16-34(36,37)17-21-41/h1-2,4-5,7-14,18,22-23H,15-17,19-21H2,(H2,39,40,43). The number of piperidine rings is 1. The van der Waals surface area contributed by atoms with Gasteiger partial charge in [0.1, 0.15) is 5.82 Å². The van der Waals surface area contributed by atoms with Gasteiger partial charge in [-0.05, 0) is 77.7 Å². The molecule has 3 amide bonds. The molecule has 1 fully saturated rings. The predicted octanol–water partition coefficient (Wildman–Crippen LogP) is 6.52. The lowest BCUT2D eigenvalue weighted by Crippen LogP contribution is -2.42. The summed E-state index contributed by atoms with van der Waals surface area (Å²) in [5, 5.41) is 5.66. The number of hydrogen-bond donors (Lipinski definition) is 2. The molecule has 218 valence electrons. The van der Waals surface area contributed by atoms with Gasteiger partial charge in [-0.2, -0.15) is 0 Å². The van der Waals surface area contributed by atoms with E-state index in [0.717, 1.165) is 16.7 Å². The Balaban J connectivity index is 1.33. The number of halogens is 3. The van der Waals surface area contributed by atoms with Crippen LogP contribution >= 0.6 is 0 Å². The van der Waals surface area contributed by atoms with Crippen LogP contribution < -0.4 is 10.6 Å². The smallest absolute Gasteiger partial charge is 0.319 e. The van der Waals surface area contributed by atoms with E-state index in [9.17, 15) is 22.8 Å². The quantitative estimate of drug-likeness (QED) is 0.254. The number of urea groups is 1. The van der Waals surface area contributed by atoms with Crippen LogP contribution in [-0.4, -0.2) is 47.4 Å². The molecule has 0 bridgehead atoms. The highest BCUT2D eigenvalue weighted by atomic mass is 19.3. The number of rotatable bonds is 6. The average molecular weight is 583 g/mol. The molecule has 1 saturated heterocycles. The number of likely N-dealkylation sites (tertiary alicyclic amines) is 1. The van der Waals surface area contributed by atoms with Gasteiger partial charge in [0.05, 0.1) is 0 Å². The Kier molecular flexibility index (Phi) is 9.06. The maximum absolute atomic E-state index is 13.5. The van der Waals surface area contributed by atoms with Gasteiger partial charge in [-0.3, -0.25) is 9.78 Å². The molecule has 4 aromatic rings. The van der Waals surface area contributed by atoms with Crippen LogP contribution in [0.1, 0.15) is 39.9 Å². The summed E-state index contributed by atoms with van der Waals surface area (Å²) in [5.41, 5.74) is 4.71. The molecule has 5 rings (SSSR count). The molecule has 1 aliphatic rings. The van der Waals surface area contributed by atoms with E-state index < -0.39 is 5.92 Å². The fourth-order valence-corrected chi connectivity index (χ4v) is 4.70. The minimum atomic E-state index is -2.73. The van der Waals surface area contributed by atoms with E-state index in [1.165, 1.54) is 17.0 Å². The number of carbonyl (C=O) groups is 2. The normalized spacial score (nSPS) is 13.9. The van der Waals surface area contributed by atoms with Crippen molar-refractivity contribution in [3.63, 3.8) is 0 Å². The third-order valence-corrected chi connectivity index (χ3v) is 7.11. The molecule has 1 aromatic heterocycles. The Bertz CT molecular complexity index is 1640. The second kappa shape index (κ2) is 13.3. The maximum atomic E-state index is 13.5.